The van der Waals surface area contributed by atoms with Gasteiger partial charge in [0.2, 0.25) is 0 Å². The van der Waals surface area contributed by atoms with E-state index in [-0.39, 0.29) is 5.56 Å². The molecule has 0 saturated carbocycles. The Kier molecular flexibility index (Phi) is 4.40. The zero-order chi connectivity index (χ0) is 17.3. The molecule has 0 bridgehead atoms. The Labute approximate surface area is 142 Å². The highest BCUT2D eigenvalue weighted by atomic mass is 32.1. The molecular weight excluding hydrogens is 328 g/mol. The lowest BCUT2D eigenvalue weighted by atomic mass is 10.2. The monoisotopic (exact) mass is 346 g/mol. The highest BCUT2D eigenvalue weighted by molar-refractivity contribution is 7.13. The smallest absolute Gasteiger partial charge is 0.332 e. The molecule has 1 aliphatic heterocycles. The maximum atomic E-state index is 12.3. The molecule has 2 aromatic heterocycles. The number of thiazole rings is 1. The van der Waals surface area contributed by atoms with Crippen LogP contribution in [0.5, 0.6) is 0 Å². The van der Waals surface area contributed by atoms with Gasteiger partial charge in [0.1, 0.15) is 11.9 Å². The molecule has 2 aromatic rings. The van der Waals surface area contributed by atoms with Crippen molar-refractivity contribution in [3.05, 3.63) is 38.0 Å². The van der Waals surface area contributed by atoms with E-state index in [9.17, 15) is 14.9 Å². The van der Waals surface area contributed by atoms with E-state index in [1.807, 2.05) is 16.3 Å². The lowest BCUT2D eigenvalue weighted by molar-refractivity contribution is 0.656. The average Bonchev–Trinajstić information content (AvgIpc) is 3.01. The van der Waals surface area contributed by atoms with Crippen LogP contribution < -0.4 is 21.0 Å². The fourth-order valence-corrected chi connectivity index (χ4v) is 3.69. The van der Waals surface area contributed by atoms with Crippen LogP contribution in [0.2, 0.25) is 0 Å². The van der Waals surface area contributed by atoms with Gasteiger partial charge < -0.3 is 9.80 Å². The predicted molar refractivity (Wildman–Crippen MR) is 92.8 cm³/mol. The number of hydrogen-bond acceptors (Lipinski definition) is 7. The summed E-state index contributed by atoms with van der Waals surface area (Å²) in [5.41, 5.74) is -0.950. The first-order valence-corrected chi connectivity index (χ1v) is 8.52. The van der Waals surface area contributed by atoms with Crippen molar-refractivity contribution in [2.75, 3.05) is 36.0 Å². The fraction of sp³-hybridized carbons (Fsp3) is 0.467. The number of anilines is 2. The van der Waals surface area contributed by atoms with Crippen LogP contribution in [-0.4, -0.2) is 40.3 Å². The van der Waals surface area contributed by atoms with Gasteiger partial charge in [-0.2, -0.15) is 5.26 Å². The molecule has 1 aliphatic rings. The summed E-state index contributed by atoms with van der Waals surface area (Å²) in [5, 5.41) is 12.3. The minimum Gasteiger partial charge on any atom is -0.355 e. The Morgan fingerprint density at radius 2 is 1.83 bits per heavy atom. The van der Waals surface area contributed by atoms with E-state index in [0.717, 1.165) is 29.2 Å². The van der Waals surface area contributed by atoms with Crippen LogP contribution in [0.3, 0.4) is 0 Å². The third-order valence-corrected chi connectivity index (χ3v) is 5.06. The van der Waals surface area contributed by atoms with Gasteiger partial charge in [0.05, 0.1) is 0 Å². The van der Waals surface area contributed by atoms with Gasteiger partial charge in [-0.05, 0) is 6.42 Å². The van der Waals surface area contributed by atoms with Crippen LogP contribution in [0, 0.1) is 11.3 Å². The van der Waals surface area contributed by atoms with Crippen molar-refractivity contribution in [1.82, 2.24) is 14.1 Å². The molecule has 0 aromatic carbocycles. The van der Waals surface area contributed by atoms with Gasteiger partial charge in [-0.25, -0.2) is 9.78 Å². The first-order valence-electron chi connectivity index (χ1n) is 7.64. The molecule has 0 amide bonds. The summed E-state index contributed by atoms with van der Waals surface area (Å²) in [6.45, 7) is 2.87. The number of nitrogens with zero attached hydrogens (tertiary/aromatic N) is 6. The molecular formula is C15H18N6O2S. The summed E-state index contributed by atoms with van der Waals surface area (Å²) in [7, 11) is 2.99. The summed E-state index contributed by atoms with van der Waals surface area (Å²) in [5.74, 6) is 0.409. The molecule has 3 heterocycles. The fourth-order valence-electron chi connectivity index (χ4n) is 2.99. The maximum absolute atomic E-state index is 12.3. The van der Waals surface area contributed by atoms with Crippen molar-refractivity contribution >= 4 is 22.3 Å². The Morgan fingerprint density at radius 3 is 2.50 bits per heavy atom. The SMILES string of the molecule is Cn1c(N2CCCN(c3nccs3)CC2)c(C#N)c(=O)n(C)c1=O. The van der Waals surface area contributed by atoms with Crippen LogP contribution in [0.4, 0.5) is 10.9 Å². The molecule has 0 N–H and O–H groups in total. The lowest BCUT2D eigenvalue weighted by Crippen LogP contribution is -2.43. The van der Waals surface area contributed by atoms with E-state index in [0.29, 0.717) is 18.9 Å². The van der Waals surface area contributed by atoms with E-state index in [4.69, 9.17) is 0 Å². The molecule has 0 spiro atoms. The van der Waals surface area contributed by atoms with Gasteiger partial charge in [0.25, 0.3) is 5.56 Å². The van der Waals surface area contributed by atoms with E-state index < -0.39 is 11.2 Å². The Morgan fingerprint density at radius 1 is 1.12 bits per heavy atom. The Balaban J connectivity index is 1.97. The topological polar surface area (TPSA) is 87.2 Å². The molecule has 0 aliphatic carbocycles. The Bertz CT molecular complexity index is 892. The molecule has 24 heavy (non-hydrogen) atoms. The molecule has 0 unspecified atom stereocenters. The maximum Gasteiger partial charge on any atom is 0.332 e. The van der Waals surface area contributed by atoms with Crippen LogP contribution in [0.1, 0.15) is 12.0 Å². The molecule has 8 nitrogen and oxygen atoms in total. The molecule has 1 saturated heterocycles. The van der Waals surface area contributed by atoms with Crippen molar-refractivity contribution in [3.63, 3.8) is 0 Å². The van der Waals surface area contributed by atoms with Crippen molar-refractivity contribution in [3.8, 4) is 6.07 Å². The minimum atomic E-state index is -0.545. The number of nitriles is 1. The highest BCUT2D eigenvalue weighted by Gasteiger charge is 2.24. The number of hydrogen-bond donors (Lipinski definition) is 0. The zero-order valence-electron chi connectivity index (χ0n) is 13.6. The van der Waals surface area contributed by atoms with E-state index in [1.165, 1.54) is 11.6 Å². The molecule has 3 rings (SSSR count). The zero-order valence-corrected chi connectivity index (χ0v) is 14.4. The average molecular weight is 346 g/mol. The lowest BCUT2D eigenvalue weighted by Gasteiger charge is -2.26. The number of rotatable bonds is 2. The summed E-state index contributed by atoms with van der Waals surface area (Å²) in [6, 6.07) is 1.97. The highest BCUT2D eigenvalue weighted by Crippen LogP contribution is 2.22. The summed E-state index contributed by atoms with van der Waals surface area (Å²) in [4.78, 5) is 33.0. The first-order chi connectivity index (χ1) is 11.5. The molecule has 126 valence electrons. The summed E-state index contributed by atoms with van der Waals surface area (Å²) in [6.07, 6.45) is 2.63. The van der Waals surface area contributed by atoms with Crippen molar-refractivity contribution in [1.29, 1.82) is 5.26 Å². The molecule has 0 radical (unpaired) electrons. The van der Waals surface area contributed by atoms with E-state index in [1.54, 1.807) is 24.6 Å². The molecule has 9 heteroatoms. The van der Waals surface area contributed by atoms with Crippen LogP contribution in [0.15, 0.2) is 21.2 Å². The Hall–Kier alpha value is -2.60. The van der Waals surface area contributed by atoms with Crippen molar-refractivity contribution < 1.29 is 0 Å². The molecule has 0 atom stereocenters. The quantitative estimate of drug-likeness (QED) is 0.768. The summed E-state index contributed by atoms with van der Waals surface area (Å²) < 4.78 is 2.36. The van der Waals surface area contributed by atoms with Crippen molar-refractivity contribution in [2.45, 2.75) is 6.42 Å². The largest absolute Gasteiger partial charge is 0.355 e. The second-order valence-corrected chi connectivity index (χ2v) is 6.53. The minimum absolute atomic E-state index is 0.0160. The van der Waals surface area contributed by atoms with Gasteiger partial charge in [0, 0.05) is 51.9 Å². The first kappa shape index (κ1) is 16.3. The third-order valence-electron chi connectivity index (χ3n) is 4.23. The number of aromatic nitrogens is 3. The van der Waals surface area contributed by atoms with E-state index in [2.05, 4.69) is 9.88 Å². The standard InChI is InChI=1S/C15H18N6O2S/c1-18-12(11(10-16)13(22)19(2)15(18)23)20-5-3-6-21(8-7-20)14-17-4-9-24-14/h4,9H,3,5-8H2,1-2H3. The van der Waals surface area contributed by atoms with Crippen LogP contribution in [-0.2, 0) is 14.1 Å². The van der Waals surface area contributed by atoms with Gasteiger partial charge in [-0.3, -0.25) is 13.9 Å². The second-order valence-electron chi connectivity index (χ2n) is 5.66. The molecule has 1 fully saturated rings. The van der Waals surface area contributed by atoms with Gasteiger partial charge in [-0.1, -0.05) is 0 Å². The van der Waals surface area contributed by atoms with Gasteiger partial charge >= 0.3 is 5.69 Å². The van der Waals surface area contributed by atoms with Crippen LogP contribution in [0.25, 0.3) is 0 Å². The van der Waals surface area contributed by atoms with E-state index >= 15 is 0 Å². The van der Waals surface area contributed by atoms with Crippen molar-refractivity contribution in [2.24, 2.45) is 14.1 Å². The van der Waals surface area contributed by atoms with Gasteiger partial charge in [-0.15, -0.1) is 11.3 Å². The second kappa shape index (κ2) is 6.49. The normalized spacial score (nSPS) is 15.2. The third kappa shape index (κ3) is 2.69. The predicted octanol–water partition coefficient (Wildman–Crippen LogP) is 0.129. The summed E-state index contributed by atoms with van der Waals surface area (Å²) >= 11 is 1.59. The van der Waals surface area contributed by atoms with Gasteiger partial charge in [0.15, 0.2) is 10.7 Å². The van der Waals surface area contributed by atoms with Crippen LogP contribution >= 0.6 is 11.3 Å².